The molecule has 70 heavy (non-hydrogen) atoms. The summed E-state index contributed by atoms with van der Waals surface area (Å²) in [5.41, 5.74) is 8.35. The smallest absolute Gasteiger partial charge is 0.0622 e. The fourth-order valence-corrected chi connectivity index (χ4v) is 10.7. The molecule has 0 saturated carbocycles. The molecule has 0 N–H and O–H groups in total. The molecule has 0 saturated heterocycles. The van der Waals surface area contributed by atoms with E-state index < -0.39 is 0 Å². The van der Waals surface area contributed by atoms with E-state index in [1.165, 1.54) is 27.1 Å². The van der Waals surface area contributed by atoms with Gasteiger partial charge in [0.05, 0.1) is 13.7 Å². The van der Waals surface area contributed by atoms with Gasteiger partial charge in [0.25, 0.3) is 0 Å². The highest BCUT2D eigenvalue weighted by molar-refractivity contribution is 6.26. The zero-order valence-corrected chi connectivity index (χ0v) is 37.8. The summed E-state index contributed by atoms with van der Waals surface area (Å²) in [5, 5.41) is 14.3. The van der Waals surface area contributed by atoms with Crippen molar-refractivity contribution in [1.29, 1.82) is 0 Å². The molecule has 0 fully saturated rings. The average Bonchev–Trinajstić information content (AvgIpc) is 3.56. The molecule has 0 radical (unpaired) electrons. The van der Waals surface area contributed by atoms with E-state index >= 15 is 0 Å². The Morgan fingerprint density at radius 2 is 0.543 bits per heavy atom. The zero-order valence-electron chi connectivity index (χ0n) is 47.8. The van der Waals surface area contributed by atoms with Crippen LogP contribution < -0.4 is 0 Å². The molecular weight excluding hydrogens is 841 g/mol. The summed E-state index contributed by atoms with van der Waals surface area (Å²) in [6, 6.07) is 71.5. The number of rotatable bonds is 5. The van der Waals surface area contributed by atoms with Crippen LogP contribution in [0.25, 0.3) is 131 Å². The predicted octanol–water partition coefficient (Wildman–Crippen LogP) is 19.8. The molecule has 0 heteroatoms. The summed E-state index contributed by atoms with van der Waals surface area (Å²) < 4.78 is 84.5. The minimum atomic E-state index is -0.389. The van der Waals surface area contributed by atoms with E-state index in [2.05, 4.69) is 146 Å². The number of hydrogen-bond acceptors (Lipinski definition) is 0. The lowest BCUT2D eigenvalue weighted by molar-refractivity contribution is 1.63. The second-order valence-electron chi connectivity index (χ2n) is 17.5. The first-order valence-corrected chi connectivity index (χ1v) is 23.4. The molecule has 0 aliphatic heterocycles. The van der Waals surface area contributed by atoms with Gasteiger partial charge in [0, 0.05) is 0 Å². The van der Waals surface area contributed by atoms with Crippen LogP contribution in [-0.2, 0) is 0 Å². The van der Waals surface area contributed by atoms with Gasteiger partial charge in [-0.3, -0.25) is 0 Å². The second kappa shape index (κ2) is 17.5. The van der Waals surface area contributed by atoms with Crippen LogP contribution in [0.4, 0.5) is 0 Å². The molecule has 326 valence electrons. The Kier molecular flexibility index (Phi) is 7.96. The van der Waals surface area contributed by atoms with Gasteiger partial charge in [-0.25, -0.2) is 0 Å². The maximum Gasteiger partial charge on any atom is 0.0629 e. The van der Waals surface area contributed by atoms with Crippen LogP contribution in [0, 0.1) is 0 Å². The van der Waals surface area contributed by atoms with E-state index in [1.807, 2.05) is 72.8 Å². The third-order valence-corrected chi connectivity index (χ3v) is 13.7. The quantitative estimate of drug-likeness (QED) is 0.119. The maximum absolute atomic E-state index is 8.77. The van der Waals surface area contributed by atoms with E-state index in [4.69, 9.17) is 13.7 Å². The van der Waals surface area contributed by atoms with Crippen LogP contribution in [0.3, 0.4) is 0 Å². The third kappa shape index (κ3) is 7.00. The fraction of sp³-hybridized carbons (Fsp3) is 0. The van der Waals surface area contributed by atoms with Crippen LogP contribution in [0.2, 0.25) is 0 Å². The van der Waals surface area contributed by atoms with Crippen molar-refractivity contribution in [3.63, 3.8) is 0 Å². The molecule has 0 unspecified atom stereocenters. The zero-order chi connectivity index (χ0) is 55.1. The molecule has 0 nitrogen and oxygen atoms in total. The molecule has 0 heterocycles. The van der Waals surface area contributed by atoms with Crippen molar-refractivity contribution >= 4 is 75.4 Å². The lowest BCUT2D eigenvalue weighted by Gasteiger charge is -2.19. The van der Waals surface area contributed by atoms with Gasteiger partial charge >= 0.3 is 0 Å². The minimum Gasteiger partial charge on any atom is -0.0622 e. The van der Waals surface area contributed by atoms with E-state index in [0.29, 0.717) is 11.1 Å². The Bertz CT molecular complexity index is 4720. The van der Waals surface area contributed by atoms with E-state index in [0.717, 1.165) is 81.7 Å². The van der Waals surface area contributed by atoms with E-state index in [9.17, 15) is 0 Å². The topological polar surface area (TPSA) is 0 Å². The summed E-state index contributed by atoms with van der Waals surface area (Å²) in [6.45, 7) is 0. The number of hydrogen-bond donors (Lipinski definition) is 0. The van der Waals surface area contributed by atoms with Gasteiger partial charge in [0.1, 0.15) is 0 Å². The Morgan fingerprint density at radius 3 is 1.03 bits per heavy atom. The SMILES string of the molecule is [2H]c1c([2H])c([2H])c(-c2c3ccccc3c(-c3cc4ccccc4c4ccccc34)c3ccccc23)c([2H])c1[2H].[2H]c1c([2H])c([2H])c(-c2c3ccccc3c(-c3ccc(-c4cccc5ccccc45)cc3)c3ccccc23)c([2H])c1[2H]. The standard InChI is InChI=1S/C36H24.C34H22/c1-2-12-27(13-3-1)35-31-16-6-8-18-33(31)36(34-19-9-7-17-32(34)35)28-23-21-26(22-24-28)30-20-10-14-25-11-4-5-15-29(25)30;1-2-12-23(13-3-1)33-28-18-8-10-20-30(28)34(31-21-11-9-19-29(31)33)32-22-24-14-4-5-15-25(24)26-16-6-7-17-27(26)32/h1-24H;1-22H/i2*1D,2D,3D,12D,13D. The Morgan fingerprint density at radius 1 is 0.200 bits per heavy atom. The summed E-state index contributed by atoms with van der Waals surface area (Å²) in [5.74, 6) is 0. The van der Waals surface area contributed by atoms with Crippen molar-refractivity contribution in [3.05, 3.63) is 279 Å². The molecule has 0 amide bonds. The highest BCUT2D eigenvalue weighted by Gasteiger charge is 2.20. The van der Waals surface area contributed by atoms with Crippen LogP contribution in [0.1, 0.15) is 13.7 Å². The molecule has 0 atom stereocenters. The summed E-state index contributed by atoms with van der Waals surface area (Å²) in [6.07, 6.45) is 0. The molecule has 0 aromatic heterocycles. The molecule has 0 aliphatic carbocycles. The first-order valence-electron chi connectivity index (χ1n) is 28.4. The van der Waals surface area contributed by atoms with Crippen molar-refractivity contribution < 1.29 is 13.7 Å². The summed E-state index contributed by atoms with van der Waals surface area (Å²) in [4.78, 5) is 0. The second-order valence-corrected chi connectivity index (χ2v) is 17.5. The normalized spacial score (nSPS) is 13.4. The largest absolute Gasteiger partial charge is 0.0629 e. The van der Waals surface area contributed by atoms with Gasteiger partial charge < -0.3 is 0 Å². The third-order valence-electron chi connectivity index (χ3n) is 13.7. The van der Waals surface area contributed by atoms with Gasteiger partial charge in [-0.2, -0.15) is 0 Å². The monoisotopic (exact) mass is 896 g/mol. The summed E-state index contributed by atoms with van der Waals surface area (Å²) >= 11 is 0. The van der Waals surface area contributed by atoms with Crippen molar-refractivity contribution in [2.24, 2.45) is 0 Å². The fourth-order valence-electron chi connectivity index (χ4n) is 10.7. The minimum absolute atomic E-state index is 0.194. The average molecular weight is 897 g/mol. The van der Waals surface area contributed by atoms with Crippen LogP contribution >= 0.6 is 0 Å². The van der Waals surface area contributed by atoms with E-state index in [1.54, 1.807) is 0 Å². The van der Waals surface area contributed by atoms with Gasteiger partial charge in [-0.05, 0) is 137 Å². The van der Waals surface area contributed by atoms with Crippen molar-refractivity contribution in [1.82, 2.24) is 0 Å². The van der Waals surface area contributed by atoms with Crippen LogP contribution in [0.15, 0.2) is 279 Å². The van der Waals surface area contributed by atoms with Gasteiger partial charge in [0.2, 0.25) is 0 Å². The van der Waals surface area contributed by atoms with Gasteiger partial charge in [0.15, 0.2) is 0 Å². The lowest BCUT2D eigenvalue weighted by Crippen LogP contribution is -1.92. The Balaban J connectivity index is 0.000000151. The van der Waals surface area contributed by atoms with Gasteiger partial charge in [-0.1, -0.05) is 273 Å². The van der Waals surface area contributed by atoms with Crippen LogP contribution in [0.5, 0.6) is 0 Å². The molecule has 14 rings (SSSR count). The highest BCUT2D eigenvalue weighted by atomic mass is 14.2. The first kappa shape index (κ1) is 31.8. The van der Waals surface area contributed by atoms with Gasteiger partial charge in [-0.15, -0.1) is 0 Å². The van der Waals surface area contributed by atoms with Crippen LogP contribution in [-0.4, -0.2) is 0 Å². The number of benzene rings is 14. The summed E-state index contributed by atoms with van der Waals surface area (Å²) in [7, 11) is 0. The molecule has 14 aromatic rings. The van der Waals surface area contributed by atoms with E-state index in [-0.39, 0.29) is 71.6 Å². The highest BCUT2D eigenvalue weighted by Crippen LogP contribution is 2.47. The maximum atomic E-state index is 8.77. The lowest BCUT2D eigenvalue weighted by atomic mass is 9.84. The first-order chi connectivity index (χ1) is 38.9. The van der Waals surface area contributed by atoms with Crippen molar-refractivity contribution in [3.8, 4) is 55.6 Å². The predicted molar refractivity (Wildman–Crippen MR) is 303 cm³/mol. The molecule has 0 aliphatic rings. The Hall–Kier alpha value is -9.10. The molecule has 14 aromatic carbocycles. The number of fused-ring (bicyclic) bond motifs is 8. The Labute approximate surface area is 422 Å². The van der Waals surface area contributed by atoms with Crippen molar-refractivity contribution in [2.75, 3.05) is 0 Å². The molecular formula is C70H46. The molecule has 0 spiro atoms. The molecule has 0 bridgehead atoms. The van der Waals surface area contributed by atoms with Crippen molar-refractivity contribution in [2.45, 2.75) is 0 Å².